The number of oxazole rings is 1. The van der Waals surface area contributed by atoms with Gasteiger partial charge in [-0.2, -0.15) is 0 Å². The largest absolute Gasteiger partial charge is 0.454 e. The third kappa shape index (κ3) is 3.50. The minimum atomic E-state index is -0.396. The van der Waals surface area contributed by atoms with Crippen LogP contribution in [0.2, 0.25) is 0 Å². The second kappa shape index (κ2) is 8.02. The van der Waals surface area contributed by atoms with Gasteiger partial charge in [-0.15, -0.1) is 0 Å². The van der Waals surface area contributed by atoms with Crippen LogP contribution in [0.3, 0.4) is 0 Å². The average molecular weight is 454 g/mol. The Labute approximate surface area is 196 Å². The van der Waals surface area contributed by atoms with Crippen LogP contribution >= 0.6 is 0 Å². The van der Waals surface area contributed by atoms with E-state index in [1.165, 1.54) is 0 Å². The van der Waals surface area contributed by atoms with Crippen molar-refractivity contribution in [3.05, 3.63) is 82.2 Å². The van der Waals surface area contributed by atoms with Crippen LogP contribution in [-0.4, -0.2) is 22.7 Å². The first-order chi connectivity index (χ1) is 16.6. The summed E-state index contributed by atoms with van der Waals surface area (Å²) in [5.74, 6) is 2.20. The molecule has 7 heteroatoms. The highest BCUT2D eigenvalue weighted by Crippen LogP contribution is 2.39. The van der Waals surface area contributed by atoms with E-state index >= 15 is 0 Å². The van der Waals surface area contributed by atoms with E-state index in [4.69, 9.17) is 23.6 Å². The summed E-state index contributed by atoms with van der Waals surface area (Å²) in [5.41, 5.74) is 5.94. The number of esters is 1. The summed E-state index contributed by atoms with van der Waals surface area (Å²) in [4.78, 5) is 22.5. The molecule has 34 heavy (non-hydrogen) atoms. The maximum atomic E-state index is 13.3. The Morgan fingerprint density at radius 3 is 2.76 bits per heavy atom. The Morgan fingerprint density at radius 1 is 1.06 bits per heavy atom. The summed E-state index contributed by atoms with van der Waals surface area (Å²) < 4.78 is 22.1. The molecule has 0 saturated heterocycles. The summed E-state index contributed by atoms with van der Waals surface area (Å²) in [6.07, 6.45) is 3.60. The lowest BCUT2D eigenvalue weighted by Crippen LogP contribution is -2.10. The first-order valence-electron chi connectivity index (χ1n) is 11.2. The number of aryl methyl sites for hydroxylation is 2. The summed E-state index contributed by atoms with van der Waals surface area (Å²) in [5, 5.41) is 0.787. The van der Waals surface area contributed by atoms with E-state index in [2.05, 4.69) is 11.1 Å². The van der Waals surface area contributed by atoms with Gasteiger partial charge in [-0.05, 0) is 67.7 Å². The van der Waals surface area contributed by atoms with Crippen LogP contribution in [0.1, 0.15) is 50.9 Å². The normalized spacial score (nSPS) is 15.2. The van der Waals surface area contributed by atoms with E-state index < -0.39 is 5.97 Å². The van der Waals surface area contributed by atoms with Gasteiger partial charge in [0.05, 0.1) is 22.5 Å². The predicted molar refractivity (Wildman–Crippen MR) is 126 cm³/mol. The van der Waals surface area contributed by atoms with E-state index in [9.17, 15) is 4.79 Å². The average Bonchev–Trinajstić information content (AvgIpc) is 3.55. The zero-order valence-electron chi connectivity index (χ0n) is 18.9. The number of pyridine rings is 1. The Hall–Kier alpha value is -4.13. The molecular weight excluding hydrogens is 432 g/mol. The molecule has 7 nitrogen and oxygen atoms in total. The standard InChI is InChI=1S/C27H22N2O5/c1-15-16(2)34-24(28-15)13-31-27(30)25-19-5-3-4-6-21(19)29-26-18(8-9-20(25)26)11-17-7-10-22-23(12-17)33-14-32-22/h3-7,10-12H,8-9,13-14H2,1-2H3/b18-11-. The van der Waals surface area contributed by atoms with Gasteiger partial charge >= 0.3 is 5.97 Å². The number of fused-ring (bicyclic) bond motifs is 3. The van der Waals surface area contributed by atoms with Crippen molar-refractivity contribution >= 4 is 28.5 Å². The van der Waals surface area contributed by atoms with Crippen molar-refractivity contribution in [1.29, 1.82) is 0 Å². The number of para-hydroxylation sites is 1. The fourth-order valence-electron chi connectivity index (χ4n) is 4.52. The van der Waals surface area contributed by atoms with Gasteiger partial charge in [0, 0.05) is 5.39 Å². The van der Waals surface area contributed by atoms with E-state index in [1.54, 1.807) is 0 Å². The molecular formula is C27H22N2O5. The SMILES string of the molecule is Cc1nc(COC(=O)c2c3c(nc4ccccc24)/C(=C\c2ccc4c(c2)OCO4)CC3)oc1C. The molecule has 6 rings (SSSR count). The number of benzene rings is 2. The van der Waals surface area contributed by atoms with Crippen molar-refractivity contribution in [2.75, 3.05) is 6.79 Å². The van der Waals surface area contributed by atoms with Gasteiger partial charge in [-0.25, -0.2) is 14.8 Å². The fraction of sp³-hybridized carbons (Fsp3) is 0.222. The Morgan fingerprint density at radius 2 is 1.91 bits per heavy atom. The number of hydrogen-bond acceptors (Lipinski definition) is 7. The Balaban J connectivity index is 1.38. The van der Waals surface area contributed by atoms with Crippen LogP contribution in [0, 0.1) is 13.8 Å². The minimum Gasteiger partial charge on any atom is -0.454 e. The molecule has 170 valence electrons. The summed E-state index contributed by atoms with van der Waals surface area (Å²) in [6.45, 7) is 3.93. The summed E-state index contributed by atoms with van der Waals surface area (Å²) in [6, 6.07) is 13.5. The Bertz CT molecular complexity index is 1460. The highest BCUT2D eigenvalue weighted by Gasteiger charge is 2.28. The lowest BCUT2D eigenvalue weighted by molar-refractivity contribution is 0.0438. The molecule has 1 aliphatic carbocycles. The quantitative estimate of drug-likeness (QED) is 0.381. The third-order valence-corrected chi connectivity index (χ3v) is 6.28. The van der Waals surface area contributed by atoms with Crippen molar-refractivity contribution in [2.24, 2.45) is 0 Å². The third-order valence-electron chi connectivity index (χ3n) is 6.28. The topological polar surface area (TPSA) is 83.7 Å². The molecule has 0 spiro atoms. The maximum Gasteiger partial charge on any atom is 0.339 e. The van der Waals surface area contributed by atoms with Crippen molar-refractivity contribution in [2.45, 2.75) is 33.3 Å². The zero-order valence-corrected chi connectivity index (χ0v) is 18.9. The van der Waals surface area contributed by atoms with Crippen LogP contribution in [0.5, 0.6) is 11.5 Å². The van der Waals surface area contributed by atoms with Crippen molar-refractivity contribution < 1.29 is 23.4 Å². The van der Waals surface area contributed by atoms with Gasteiger partial charge in [0.15, 0.2) is 18.1 Å². The molecule has 0 saturated carbocycles. The highest BCUT2D eigenvalue weighted by atomic mass is 16.7. The number of hydrogen-bond donors (Lipinski definition) is 0. The van der Waals surface area contributed by atoms with Gasteiger partial charge in [0.2, 0.25) is 12.7 Å². The highest BCUT2D eigenvalue weighted by molar-refractivity contribution is 6.07. The number of ether oxygens (including phenoxy) is 3. The maximum absolute atomic E-state index is 13.3. The number of carbonyl (C=O) groups is 1. The van der Waals surface area contributed by atoms with Crippen molar-refractivity contribution in [3.63, 3.8) is 0 Å². The van der Waals surface area contributed by atoms with Crippen LogP contribution < -0.4 is 9.47 Å². The predicted octanol–water partition coefficient (Wildman–Crippen LogP) is 5.41. The van der Waals surface area contributed by atoms with Crippen LogP contribution in [-0.2, 0) is 17.8 Å². The number of aromatic nitrogens is 2. The van der Waals surface area contributed by atoms with Gasteiger partial charge in [0.25, 0.3) is 0 Å². The molecule has 0 radical (unpaired) electrons. The molecule has 2 aromatic heterocycles. The monoisotopic (exact) mass is 454 g/mol. The number of carbonyl (C=O) groups excluding carboxylic acids is 1. The molecule has 4 aromatic rings. The molecule has 2 aliphatic rings. The molecule has 0 fully saturated rings. The fourth-order valence-corrected chi connectivity index (χ4v) is 4.52. The first kappa shape index (κ1) is 20.5. The number of allylic oxidation sites excluding steroid dienone is 1. The van der Waals surface area contributed by atoms with Gasteiger partial charge in [-0.3, -0.25) is 0 Å². The van der Waals surface area contributed by atoms with Gasteiger partial charge < -0.3 is 18.6 Å². The molecule has 0 N–H and O–H groups in total. The second-order valence-corrected chi connectivity index (χ2v) is 8.44. The summed E-state index contributed by atoms with van der Waals surface area (Å²) in [7, 11) is 0. The molecule has 0 amide bonds. The second-order valence-electron chi connectivity index (χ2n) is 8.44. The van der Waals surface area contributed by atoms with Crippen LogP contribution in [0.4, 0.5) is 0 Å². The first-order valence-corrected chi connectivity index (χ1v) is 11.2. The zero-order chi connectivity index (χ0) is 23.2. The molecule has 0 unspecified atom stereocenters. The molecule has 3 heterocycles. The van der Waals surface area contributed by atoms with Gasteiger partial charge in [-0.1, -0.05) is 24.3 Å². The van der Waals surface area contributed by atoms with Crippen LogP contribution in [0.25, 0.3) is 22.6 Å². The lowest BCUT2D eigenvalue weighted by atomic mass is 10.0. The van der Waals surface area contributed by atoms with Crippen LogP contribution in [0.15, 0.2) is 46.9 Å². The molecule has 1 aliphatic heterocycles. The molecule has 0 atom stereocenters. The summed E-state index contributed by atoms with van der Waals surface area (Å²) >= 11 is 0. The molecule has 2 aromatic carbocycles. The van der Waals surface area contributed by atoms with E-state index in [0.717, 1.165) is 62.7 Å². The van der Waals surface area contributed by atoms with E-state index in [1.807, 2.05) is 56.3 Å². The van der Waals surface area contributed by atoms with E-state index in [0.29, 0.717) is 17.9 Å². The molecule has 0 bridgehead atoms. The Kier molecular flexibility index (Phi) is 4.83. The number of rotatable bonds is 4. The minimum absolute atomic E-state index is 0.0151. The van der Waals surface area contributed by atoms with Crippen molar-refractivity contribution in [3.8, 4) is 11.5 Å². The van der Waals surface area contributed by atoms with Crippen molar-refractivity contribution in [1.82, 2.24) is 9.97 Å². The van der Waals surface area contributed by atoms with Gasteiger partial charge in [0.1, 0.15) is 5.76 Å². The number of nitrogens with zero attached hydrogens (tertiary/aromatic N) is 2. The lowest BCUT2D eigenvalue weighted by Gasteiger charge is -2.12. The van der Waals surface area contributed by atoms with E-state index in [-0.39, 0.29) is 13.4 Å². The smallest absolute Gasteiger partial charge is 0.339 e.